The van der Waals surface area contributed by atoms with Crippen LogP contribution in [0.25, 0.3) is 0 Å². The monoisotopic (exact) mass is 212 g/mol. The summed E-state index contributed by atoms with van der Waals surface area (Å²) in [5.74, 6) is 2.19. The second-order valence-electron chi connectivity index (χ2n) is 6.86. The molecule has 1 heteroatoms. The molecule has 1 N–H and O–H groups in total. The van der Waals surface area contributed by atoms with Crippen LogP contribution >= 0.6 is 0 Å². The molecule has 1 aliphatic rings. The lowest BCUT2D eigenvalue weighted by Gasteiger charge is -2.36. The second-order valence-corrected chi connectivity index (χ2v) is 6.86. The Labute approximate surface area is 95.3 Å². The zero-order chi connectivity index (χ0) is 11.6. The third-order valence-electron chi connectivity index (χ3n) is 4.00. The van der Waals surface area contributed by atoms with E-state index in [2.05, 4.69) is 34.6 Å². The van der Waals surface area contributed by atoms with Crippen LogP contribution in [0.4, 0.5) is 0 Å². The minimum absolute atomic E-state index is 0.0834. The Morgan fingerprint density at radius 2 is 1.73 bits per heavy atom. The first-order valence-corrected chi connectivity index (χ1v) is 6.47. The van der Waals surface area contributed by atoms with Crippen LogP contribution in [0.2, 0.25) is 0 Å². The van der Waals surface area contributed by atoms with Crippen LogP contribution in [0.15, 0.2) is 0 Å². The molecule has 0 saturated heterocycles. The molecule has 1 nitrogen and oxygen atoms in total. The molecule has 4 atom stereocenters. The second kappa shape index (κ2) is 4.86. The molecule has 0 radical (unpaired) electrons. The van der Waals surface area contributed by atoms with Gasteiger partial charge in [-0.25, -0.2) is 0 Å². The number of hydrogen-bond donors (Lipinski definition) is 1. The standard InChI is InChI=1S/C14H28O/c1-10-6-7-12(8-11(10)2)13(15)9-14(3,4)5/h10-13,15H,6-9H2,1-5H3. The smallest absolute Gasteiger partial charge is 0.0573 e. The molecule has 0 aromatic carbocycles. The summed E-state index contributed by atoms with van der Waals surface area (Å²) in [5.41, 5.74) is 0.256. The van der Waals surface area contributed by atoms with Crippen LogP contribution in [0.3, 0.4) is 0 Å². The lowest BCUT2D eigenvalue weighted by molar-refractivity contribution is 0.0284. The Bertz CT molecular complexity index is 192. The van der Waals surface area contributed by atoms with Gasteiger partial charge in [-0.15, -0.1) is 0 Å². The summed E-state index contributed by atoms with van der Waals surface area (Å²) >= 11 is 0. The maximum atomic E-state index is 10.2. The predicted molar refractivity (Wildman–Crippen MR) is 65.7 cm³/mol. The van der Waals surface area contributed by atoms with Gasteiger partial charge in [0.15, 0.2) is 0 Å². The van der Waals surface area contributed by atoms with Crippen molar-refractivity contribution in [1.29, 1.82) is 0 Å². The highest BCUT2D eigenvalue weighted by atomic mass is 16.3. The van der Waals surface area contributed by atoms with Crippen molar-refractivity contribution >= 4 is 0 Å². The summed E-state index contributed by atoms with van der Waals surface area (Å²) in [6, 6.07) is 0. The van der Waals surface area contributed by atoms with Gasteiger partial charge in [0.05, 0.1) is 6.10 Å². The summed E-state index contributed by atoms with van der Waals surface area (Å²) in [7, 11) is 0. The van der Waals surface area contributed by atoms with Gasteiger partial charge >= 0.3 is 0 Å². The molecule has 0 aliphatic heterocycles. The molecular formula is C14H28O. The van der Waals surface area contributed by atoms with E-state index in [1.807, 2.05) is 0 Å². The Morgan fingerprint density at radius 1 is 1.13 bits per heavy atom. The quantitative estimate of drug-likeness (QED) is 0.737. The zero-order valence-corrected chi connectivity index (χ0v) is 11.1. The fraction of sp³-hybridized carbons (Fsp3) is 1.00. The van der Waals surface area contributed by atoms with Crippen LogP contribution < -0.4 is 0 Å². The molecular weight excluding hydrogens is 184 g/mol. The van der Waals surface area contributed by atoms with Gasteiger partial charge in [0.2, 0.25) is 0 Å². The SMILES string of the molecule is CC1CCC(C(O)CC(C)(C)C)CC1C. The van der Waals surface area contributed by atoms with Gasteiger partial charge < -0.3 is 5.11 Å². The van der Waals surface area contributed by atoms with E-state index in [1.165, 1.54) is 19.3 Å². The van der Waals surface area contributed by atoms with Gasteiger partial charge in [0.25, 0.3) is 0 Å². The predicted octanol–water partition coefficient (Wildman–Crippen LogP) is 3.86. The maximum Gasteiger partial charge on any atom is 0.0573 e. The van der Waals surface area contributed by atoms with E-state index in [0.29, 0.717) is 5.92 Å². The lowest BCUT2D eigenvalue weighted by atomic mass is 9.71. The van der Waals surface area contributed by atoms with Crippen LogP contribution in [-0.4, -0.2) is 11.2 Å². The molecule has 1 rings (SSSR count). The molecule has 90 valence electrons. The highest BCUT2D eigenvalue weighted by Gasteiger charge is 2.31. The number of hydrogen-bond acceptors (Lipinski definition) is 1. The van der Waals surface area contributed by atoms with Crippen molar-refractivity contribution < 1.29 is 5.11 Å². The summed E-state index contributed by atoms with van der Waals surface area (Å²) in [5, 5.41) is 10.2. The van der Waals surface area contributed by atoms with E-state index in [9.17, 15) is 5.11 Å². The van der Waals surface area contributed by atoms with Gasteiger partial charge in [0.1, 0.15) is 0 Å². The summed E-state index contributed by atoms with van der Waals surface area (Å²) in [6.45, 7) is 11.3. The van der Waals surface area contributed by atoms with E-state index in [4.69, 9.17) is 0 Å². The van der Waals surface area contributed by atoms with E-state index in [0.717, 1.165) is 18.3 Å². The molecule has 1 aliphatic carbocycles. The Hall–Kier alpha value is -0.0400. The van der Waals surface area contributed by atoms with Crippen LogP contribution in [0.5, 0.6) is 0 Å². The minimum atomic E-state index is -0.0834. The van der Waals surface area contributed by atoms with Crippen LogP contribution in [0, 0.1) is 23.2 Å². The van der Waals surface area contributed by atoms with E-state index >= 15 is 0 Å². The van der Waals surface area contributed by atoms with Gasteiger partial charge in [-0.3, -0.25) is 0 Å². The van der Waals surface area contributed by atoms with Crippen molar-refractivity contribution in [2.75, 3.05) is 0 Å². The average molecular weight is 212 g/mol. The Kier molecular flexibility index (Phi) is 4.22. The zero-order valence-electron chi connectivity index (χ0n) is 11.1. The van der Waals surface area contributed by atoms with Gasteiger partial charge in [0, 0.05) is 0 Å². The molecule has 0 aromatic heterocycles. The number of aliphatic hydroxyl groups is 1. The first kappa shape index (κ1) is 13.0. The lowest BCUT2D eigenvalue weighted by Crippen LogP contribution is -2.32. The largest absolute Gasteiger partial charge is 0.393 e. The van der Waals surface area contributed by atoms with Crippen molar-refractivity contribution in [3.63, 3.8) is 0 Å². The van der Waals surface area contributed by atoms with E-state index < -0.39 is 0 Å². The minimum Gasteiger partial charge on any atom is -0.393 e. The Balaban J connectivity index is 2.44. The molecule has 1 saturated carbocycles. The molecule has 0 aromatic rings. The van der Waals surface area contributed by atoms with Gasteiger partial charge in [-0.2, -0.15) is 0 Å². The molecule has 0 bridgehead atoms. The fourth-order valence-electron chi connectivity index (χ4n) is 2.73. The molecule has 1 fully saturated rings. The Morgan fingerprint density at radius 3 is 2.20 bits per heavy atom. The van der Waals surface area contributed by atoms with E-state index in [-0.39, 0.29) is 11.5 Å². The topological polar surface area (TPSA) is 20.2 Å². The van der Waals surface area contributed by atoms with Crippen molar-refractivity contribution in [3.8, 4) is 0 Å². The van der Waals surface area contributed by atoms with Gasteiger partial charge in [-0.05, 0) is 42.4 Å². The van der Waals surface area contributed by atoms with E-state index in [1.54, 1.807) is 0 Å². The van der Waals surface area contributed by atoms with Crippen LogP contribution in [-0.2, 0) is 0 Å². The normalized spacial score (nSPS) is 35.2. The van der Waals surface area contributed by atoms with Crippen molar-refractivity contribution in [1.82, 2.24) is 0 Å². The molecule has 4 unspecified atom stereocenters. The fourth-order valence-corrected chi connectivity index (χ4v) is 2.73. The van der Waals surface area contributed by atoms with Crippen molar-refractivity contribution in [2.45, 2.75) is 66.4 Å². The van der Waals surface area contributed by atoms with Crippen molar-refractivity contribution in [3.05, 3.63) is 0 Å². The highest BCUT2D eigenvalue weighted by molar-refractivity contribution is 4.82. The summed E-state index contributed by atoms with van der Waals surface area (Å²) in [4.78, 5) is 0. The highest BCUT2D eigenvalue weighted by Crippen LogP contribution is 2.37. The maximum absolute atomic E-state index is 10.2. The number of aliphatic hydroxyl groups excluding tert-OH is 1. The third-order valence-corrected chi connectivity index (χ3v) is 4.00. The number of rotatable bonds is 2. The average Bonchev–Trinajstić information content (AvgIpc) is 2.06. The first-order chi connectivity index (χ1) is 6.79. The summed E-state index contributed by atoms with van der Waals surface area (Å²) < 4.78 is 0. The first-order valence-electron chi connectivity index (χ1n) is 6.47. The van der Waals surface area contributed by atoms with Crippen molar-refractivity contribution in [2.24, 2.45) is 23.2 Å². The molecule has 15 heavy (non-hydrogen) atoms. The summed E-state index contributed by atoms with van der Waals surface area (Å²) in [6.07, 6.45) is 4.60. The molecule has 0 spiro atoms. The third kappa shape index (κ3) is 4.14. The van der Waals surface area contributed by atoms with Gasteiger partial charge in [-0.1, -0.05) is 41.0 Å². The molecule has 0 heterocycles. The molecule has 0 amide bonds. The van der Waals surface area contributed by atoms with Crippen LogP contribution in [0.1, 0.15) is 60.3 Å².